The van der Waals surface area contributed by atoms with E-state index < -0.39 is 12.1 Å². The molecular weight excluding hydrogens is 299 g/mol. The number of alkyl halides is 3. The molecule has 1 aromatic heterocycles. The van der Waals surface area contributed by atoms with Gasteiger partial charge in [0.25, 0.3) is 0 Å². The first-order valence-electron chi connectivity index (χ1n) is 7.27. The molecule has 1 aliphatic rings. The van der Waals surface area contributed by atoms with E-state index in [4.69, 9.17) is 5.84 Å². The zero-order chi connectivity index (χ0) is 15.6. The Kier molecular flexibility index (Phi) is 5.27. The Morgan fingerprint density at radius 2 is 1.90 bits per heavy atom. The van der Waals surface area contributed by atoms with Gasteiger partial charge in [0.05, 0.1) is 16.6 Å². The standard InChI is InChI=1S/C14H22F3N3S/c1-8-9(2)21-13(19-8)7-12(20-18)10-3-5-11(6-4-10)14(15,16)17/h10-12,20H,3-7,18H2,1-2H3. The van der Waals surface area contributed by atoms with Crippen molar-refractivity contribution in [3.63, 3.8) is 0 Å². The van der Waals surface area contributed by atoms with Crippen molar-refractivity contribution in [1.29, 1.82) is 0 Å². The van der Waals surface area contributed by atoms with Gasteiger partial charge in [-0.05, 0) is 45.4 Å². The lowest BCUT2D eigenvalue weighted by Gasteiger charge is -2.34. The lowest BCUT2D eigenvalue weighted by atomic mass is 9.77. The smallest absolute Gasteiger partial charge is 0.271 e. The summed E-state index contributed by atoms with van der Waals surface area (Å²) >= 11 is 1.64. The highest BCUT2D eigenvalue weighted by atomic mass is 32.1. The van der Waals surface area contributed by atoms with Crippen LogP contribution in [-0.4, -0.2) is 17.2 Å². The molecule has 1 atom stereocenters. The first-order chi connectivity index (χ1) is 9.81. The molecule has 0 amide bonds. The zero-order valence-corrected chi connectivity index (χ0v) is 13.2. The van der Waals surface area contributed by atoms with E-state index >= 15 is 0 Å². The van der Waals surface area contributed by atoms with Crippen molar-refractivity contribution in [3.8, 4) is 0 Å². The fourth-order valence-electron chi connectivity index (χ4n) is 3.03. The number of nitrogens with two attached hydrogens (primary N) is 1. The predicted molar refractivity (Wildman–Crippen MR) is 77.9 cm³/mol. The van der Waals surface area contributed by atoms with Gasteiger partial charge in [0.2, 0.25) is 0 Å². The molecular formula is C14H22F3N3S. The Morgan fingerprint density at radius 3 is 2.33 bits per heavy atom. The Balaban J connectivity index is 1.93. The topological polar surface area (TPSA) is 50.9 Å². The summed E-state index contributed by atoms with van der Waals surface area (Å²) in [6.45, 7) is 3.99. The molecule has 2 rings (SSSR count). The number of aromatic nitrogens is 1. The molecule has 7 heteroatoms. The number of hydrogen-bond acceptors (Lipinski definition) is 4. The minimum absolute atomic E-state index is 0.00383. The van der Waals surface area contributed by atoms with Crippen molar-refractivity contribution in [1.82, 2.24) is 10.4 Å². The number of rotatable bonds is 4. The molecule has 1 unspecified atom stereocenters. The van der Waals surface area contributed by atoms with Gasteiger partial charge in [0.15, 0.2) is 0 Å². The molecule has 1 heterocycles. The molecule has 1 aromatic rings. The van der Waals surface area contributed by atoms with Crippen molar-refractivity contribution >= 4 is 11.3 Å². The summed E-state index contributed by atoms with van der Waals surface area (Å²) in [4.78, 5) is 5.67. The van der Waals surface area contributed by atoms with Crippen molar-refractivity contribution in [3.05, 3.63) is 15.6 Å². The molecule has 0 aromatic carbocycles. The van der Waals surface area contributed by atoms with E-state index in [1.54, 1.807) is 11.3 Å². The number of hydrazine groups is 1. The maximum absolute atomic E-state index is 12.7. The van der Waals surface area contributed by atoms with Crippen LogP contribution in [0.3, 0.4) is 0 Å². The third-order valence-corrected chi connectivity index (χ3v) is 5.58. The molecule has 1 aliphatic carbocycles. The number of halogens is 3. The third kappa shape index (κ3) is 4.17. The lowest BCUT2D eigenvalue weighted by Crippen LogP contribution is -2.44. The highest BCUT2D eigenvalue weighted by Gasteiger charge is 2.42. The van der Waals surface area contributed by atoms with E-state index in [9.17, 15) is 13.2 Å². The summed E-state index contributed by atoms with van der Waals surface area (Å²) < 4.78 is 38.1. The maximum Gasteiger partial charge on any atom is 0.391 e. The molecule has 1 saturated carbocycles. The first-order valence-corrected chi connectivity index (χ1v) is 8.08. The molecule has 0 bridgehead atoms. The van der Waals surface area contributed by atoms with Crippen LogP contribution in [0.2, 0.25) is 0 Å². The number of thiazole rings is 1. The van der Waals surface area contributed by atoms with E-state index in [0.29, 0.717) is 19.3 Å². The van der Waals surface area contributed by atoms with Gasteiger partial charge in [-0.1, -0.05) is 0 Å². The van der Waals surface area contributed by atoms with Gasteiger partial charge in [0.1, 0.15) is 0 Å². The van der Waals surface area contributed by atoms with Crippen molar-refractivity contribution in [2.24, 2.45) is 17.7 Å². The lowest BCUT2D eigenvalue weighted by molar-refractivity contribution is -0.184. The SMILES string of the molecule is Cc1nc(CC(NN)C2CCC(C(F)(F)F)CC2)sc1C. The van der Waals surface area contributed by atoms with Crippen molar-refractivity contribution < 1.29 is 13.2 Å². The summed E-state index contributed by atoms with van der Waals surface area (Å²) in [6, 6.07) is 0.00383. The fourth-order valence-corrected chi connectivity index (χ4v) is 4.02. The van der Waals surface area contributed by atoms with Gasteiger partial charge in [-0.15, -0.1) is 11.3 Å². The molecule has 0 aliphatic heterocycles. The molecule has 0 spiro atoms. The Labute approximate surface area is 127 Å². The number of hydrogen-bond donors (Lipinski definition) is 2. The molecule has 3 nitrogen and oxygen atoms in total. The van der Waals surface area contributed by atoms with Crippen LogP contribution < -0.4 is 11.3 Å². The van der Waals surface area contributed by atoms with Crippen LogP contribution in [0.25, 0.3) is 0 Å². The van der Waals surface area contributed by atoms with Crippen LogP contribution in [0.15, 0.2) is 0 Å². The van der Waals surface area contributed by atoms with Crippen molar-refractivity contribution in [2.45, 2.75) is 58.2 Å². The second kappa shape index (κ2) is 6.62. The van der Waals surface area contributed by atoms with E-state index in [2.05, 4.69) is 10.4 Å². The van der Waals surface area contributed by atoms with Gasteiger partial charge >= 0.3 is 6.18 Å². The summed E-state index contributed by atoms with van der Waals surface area (Å²) in [5.41, 5.74) is 3.81. The van der Waals surface area contributed by atoms with E-state index in [1.807, 2.05) is 13.8 Å². The third-order valence-electron chi connectivity index (χ3n) is 4.49. The van der Waals surface area contributed by atoms with Gasteiger partial charge in [0, 0.05) is 17.3 Å². The van der Waals surface area contributed by atoms with Gasteiger partial charge in [-0.3, -0.25) is 11.3 Å². The van der Waals surface area contributed by atoms with E-state index in [1.165, 1.54) is 4.88 Å². The van der Waals surface area contributed by atoms with Gasteiger partial charge < -0.3 is 0 Å². The molecule has 120 valence electrons. The van der Waals surface area contributed by atoms with Crippen LogP contribution in [0.4, 0.5) is 13.2 Å². The monoisotopic (exact) mass is 321 g/mol. The van der Waals surface area contributed by atoms with Crippen LogP contribution >= 0.6 is 11.3 Å². The second-order valence-electron chi connectivity index (χ2n) is 5.88. The van der Waals surface area contributed by atoms with Crippen LogP contribution in [-0.2, 0) is 6.42 Å². The maximum atomic E-state index is 12.7. The average Bonchev–Trinajstić information content (AvgIpc) is 2.74. The number of aryl methyl sites for hydroxylation is 2. The summed E-state index contributed by atoms with van der Waals surface area (Å²) in [6.07, 6.45) is -1.80. The van der Waals surface area contributed by atoms with Gasteiger partial charge in [-0.25, -0.2) is 4.98 Å². The normalized spacial score (nSPS) is 25.0. The summed E-state index contributed by atoms with van der Waals surface area (Å²) in [7, 11) is 0. The fraction of sp³-hybridized carbons (Fsp3) is 0.786. The minimum Gasteiger partial charge on any atom is -0.271 e. The van der Waals surface area contributed by atoms with E-state index in [-0.39, 0.29) is 24.8 Å². The zero-order valence-electron chi connectivity index (χ0n) is 12.3. The van der Waals surface area contributed by atoms with E-state index in [0.717, 1.165) is 10.7 Å². The Hall–Kier alpha value is -0.660. The van der Waals surface area contributed by atoms with Crippen LogP contribution in [0, 0.1) is 25.7 Å². The second-order valence-corrected chi connectivity index (χ2v) is 7.17. The summed E-state index contributed by atoms with van der Waals surface area (Å²) in [5.74, 6) is 4.67. The molecule has 1 fully saturated rings. The Bertz CT molecular complexity index is 445. The number of nitrogens with zero attached hydrogens (tertiary/aromatic N) is 1. The molecule has 0 radical (unpaired) electrons. The molecule has 21 heavy (non-hydrogen) atoms. The van der Waals surface area contributed by atoms with Crippen molar-refractivity contribution in [2.75, 3.05) is 0 Å². The number of nitrogens with one attached hydrogen (secondary N) is 1. The molecule has 3 N–H and O–H groups in total. The molecule has 0 saturated heterocycles. The highest BCUT2D eigenvalue weighted by molar-refractivity contribution is 7.11. The summed E-state index contributed by atoms with van der Waals surface area (Å²) in [5, 5.41) is 1.01. The minimum atomic E-state index is -4.06. The van der Waals surface area contributed by atoms with Gasteiger partial charge in [-0.2, -0.15) is 13.2 Å². The first kappa shape index (κ1) is 16.7. The quantitative estimate of drug-likeness (QED) is 0.659. The van der Waals surface area contributed by atoms with Crippen LogP contribution in [0.5, 0.6) is 0 Å². The largest absolute Gasteiger partial charge is 0.391 e. The Morgan fingerprint density at radius 1 is 1.29 bits per heavy atom. The predicted octanol–water partition coefficient (Wildman–Crippen LogP) is 3.50. The van der Waals surface area contributed by atoms with Crippen LogP contribution in [0.1, 0.15) is 41.3 Å². The average molecular weight is 321 g/mol. The highest BCUT2D eigenvalue weighted by Crippen LogP contribution is 2.40.